The number of likely N-dealkylation sites (tertiary alicyclic amines) is 1. The summed E-state index contributed by atoms with van der Waals surface area (Å²) in [5.74, 6) is 1.16. The molecule has 3 N–H and O–H groups in total. The summed E-state index contributed by atoms with van der Waals surface area (Å²) in [5.41, 5.74) is 5.07. The molecule has 63 heavy (non-hydrogen) atoms. The van der Waals surface area contributed by atoms with Crippen LogP contribution in [0, 0.1) is 0 Å². The molecule has 4 aromatic heterocycles. The van der Waals surface area contributed by atoms with E-state index in [1.54, 1.807) is 65.1 Å². The third-order valence-corrected chi connectivity index (χ3v) is 11.1. The minimum Gasteiger partial charge on any atom is -0.508 e. The van der Waals surface area contributed by atoms with E-state index >= 15 is 0 Å². The Labute approximate surface area is 364 Å². The average Bonchev–Trinajstić information content (AvgIpc) is 4.17. The second-order valence-electron chi connectivity index (χ2n) is 15.5. The van der Waals surface area contributed by atoms with Crippen LogP contribution < -0.4 is 15.1 Å². The van der Waals surface area contributed by atoms with Gasteiger partial charge in [0, 0.05) is 50.4 Å². The highest BCUT2D eigenvalue weighted by molar-refractivity contribution is 5.91. The largest absolute Gasteiger partial charge is 0.508 e. The lowest BCUT2D eigenvalue weighted by Crippen LogP contribution is -2.37. The van der Waals surface area contributed by atoms with Gasteiger partial charge in [-0.2, -0.15) is 9.97 Å². The Morgan fingerprint density at radius 2 is 1.16 bits per heavy atom. The van der Waals surface area contributed by atoms with Gasteiger partial charge in [-0.3, -0.25) is 9.59 Å². The number of amides is 1. The van der Waals surface area contributed by atoms with Crippen molar-refractivity contribution in [3.63, 3.8) is 0 Å². The van der Waals surface area contributed by atoms with Gasteiger partial charge in [0.05, 0.1) is 45.7 Å². The summed E-state index contributed by atoms with van der Waals surface area (Å²) in [6.45, 7) is 11.6. The first-order valence-corrected chi connectivity index (χ1v) is 21.7. The molecule has 2 aromatic carbocycles. The van der Waals surface area contributed by atoms with Gasteiger partial charge < -0.3 is 53.6 Å². The normalized spacial score (nSPS) is 16.4. The zero-order valence-electron chi connectivity index (χ0n) is 35.6. The smallest absolute Gasteiger partial charge is 0.326 e. The molecule has 4 aliphatic rings. The number of benzene rings is 2. The molecule has 0 bridgehead atoms. The second-order valence-corrected chi connectivity index (χ2v) is 15.5. The van der Waals surface area contributed by atoms with Crippen molar-refractivity contribution in [2.45, 2.75) is 45.7 Å². The quantitative estimate of drug-likeness (QED) is 0.177. The molecule has 0 aliphatic carbocycles. The van der Waals surface area contributed by atoms with E-state index in [0.717, 1.165) is 37.1 Å². The number of rotatable bonds is 9. The highest BCUT2D eigenvalue weighted by Crippen LogP contribution is 2.31. The summed E-state index contributed by atoms with van der Waals surface area (Å²) in [4.78, 5) is 58.6. The van der Waals surface area contributed by atoms with E-state index in [1.807, 2.05) is 21.9 Å². The predicted octanol–water partition coefficient (Wildman–Crippen LogP) is 3.63. The van der Waals surface area contributed by atoms with Gasteiger partial charge in [-0.25, -0.2) is 19.9 Å². The first-order valence-electron chi connectivity index (χ1n) is 21.7. The maximum absolute atomic E-state index is 12.7. The summed E-state index contributed by atoms with van der Waals surface area (Å²) in [7, 11) is 0. The SMILES string of the molecule is C1CCNC1.CCOC(=O)Cn1cnc2c(-c3cccc(O)c3)nc(N3CCOCC3)nc21.O=C(Cn1cnc2c(-c3cccc(O)c3)nc(N3CCOCC3)nc21)N1CCCC1. The predicted molar refractivity (Wildman–Crippen MR) is 235 cm³/mol. The molecule has 19 heteroatoms. The molecular formula is C44H54N12O7. The van der Waals surface area contributed by atoms with Crippen molar-refractivity contribution < 1.29 is 34.0 Å². The molecule has 10 rings (SSSR count). The number of nitrogens with zero attached hydrogens (tertiary/aromatic N) is 11. The number of esters is 1. The minimum absolute atomic E-state index is 0.0172. The van der Waals surface area contributed by atoms with Crippen LogP contribution in [-0.4, -0.2) is 151 Å². The molecule has 0 saturated carbocycles. The van der Waals surface area contributed by atoms with Crippen LogP contribution in [0.4, 0.5) is 11.9 Å². The third-order valence-electron chi connectivity index (χ3n) is 11.1. The Kier molecular flexibility index (Phi) is 14.1. The summed E-state index contributed by atoms with van der Waals surface area (Å²) in [6.07, 6.45) is 8.11. The number of fused-ring (bicyclic) bond motifs is 2. The van der Waals surface area contributed by atoms with Crippen molar-refractivity contribution in [2.24, 2.45) is 0 Å². The Bertz CT molecular complexity index is 2480. The van der Waals surface area contributed by atoms with Crippen LogP contribution in [0.3, 0.4) is 0 Å². The number of ether oxygens (including phenoxy) is 3. The van der Waals surface area contributed by atoms with Crippen molar-refractivity contribution in [2.75, 3.05) is 95.2 Å². The number of hydrogen-bond acceptors (Lipinski definition) is 16. The van der Waals surface area contributed by atoms with Crippen LogP contribution in [0.2, 0.25) is 0 Å². The van der Waals surface area contributed by atoms with E-state index in [-0.39, 0.29) is 36.5 Å². The van der Waals surface area contributed by atoms with Crippen molar-refractivity contribution in [1.29, 1.82) is 0 Å². The van der Waals surface area contributed by atoms with Gasteiger partial charge >= 0.3 is 5.97 Å². The second kappa shape index (κ2) is 20.6. The van der Waals surface area contributed by atoms with E-state index < -0.39 is 0 Å². The molecular weight excluding hydrogens is 809 g/mol. The molecule has 4 fully saturated rings. The lowest BCUT2D eigenvalue weighted by Gasteiger charge is -2.27. The van der Waals surface area contributed by atoms with Crippen molar-refractivity contribution >= 4 is 46.1 Å². The number of nitrogens with one attached hydrogen (secondary N) is 1. The lowest BCUT2D eigenvalue weighted by atomic mass is 10.1. The Balaban J connectivity index is 0.000000156. The summed E-state index contributed by atoms with van der Waals surface area (Å²) in [5, 5.41) is 23.1. The summed E-state index contributed by atoms with van der Waals surface area (Å²) >= 11 is 0. The van der Waals surface area contributed by atoms with Crippen LogP contribution in [0.1, 0.15) is 32.6 Å². The fourth-order valence-corrected chi connectivity index (χ4v) is 7.80. The molecule has 4 aliphatic heterocycles. The van der Waals surface area contributed by atoms with Gasteiger partial charge in [0.25, 0.3) is 0 Å². The van der Waals surface area contributed by atoms with Crippen molar-refractivity contribution in [3.05, 3.63) is 61.2 Å². The van der Waals surface area contributed by atoms with E-state index in [9.17, 15) is 19.8 Å². The monoisotopic (exact) mass is 862 g/mol. The molecule has 1 amide bonds. The number of carbonyl (C=O) groups excluding carboxylic acids is 2. The molecule has 0 spiro atoms. The minimum atomic E-state index is -0.354. The van der Waals surface area contributed by atoms with Crippen LogP contribution in [-0.2, 0) is 36.9 Å². The van der Waals surface area contributed by atoms with E-state index in [4.69, 9.17) is 29.2 Å². The van der Waals surface area contributed by atoms with Gasteiger partial charge in [0.2, 0.25) is 17.8 Å². The summed E-state index contributed by atoms with van der Waals surface area (Å²) in [6, 6.07) is 13.8. The lowest BCUT2D eigenvalue weighted by molar-refractivity contribution is -0.143. The summed E-state index contributed by atoms with van der Waals surface area (Å²) < 4.78 is 19.4. The molecule has 0 atom stereocenters. The van der Waals surface area contributed by atoms with Crippen LogP contribution >= 0.6 is 0 Å². The fraction of sp³-hybridized carbons (Fsp3) is 0.455. The number of hydrogen-bond donors (Lipinski definition) is 3. The Morgan fingerprint density at radius 3 is 1.60 bits per heavy atom. The van der Waals surface area contributed by atoms with Gasteiger partial charge in [-0.15, -0.1) is 0 Å². The molecule has 332 valence electrons. The topological polar surface area (TPSA) is 211 Å². The zero-order chi connectivity index (χ0) is 43.5. The number of aromatic hydroxyl groups is 2. The molecule has 0 radical (unpaired) electrons. The number of carbonyl (C=O) groups is 2. The maximum atomic E-state index is 12.7. The van der Waals surface area contributed by atoms with E-state index in [2.05, 4.69) is 25.2 Å². The van der Waals surface area contributed by atoms with Crippen LogP contribution in [0.15, 0.2) is 61.2 Å². The van der Waals surface area contributed by atoms with E-state index in [0.29, 0.717) is 105 Å². The van der Waals surface area contributed by atoms with Gasteiger partial charge in [0.15, 0.2) is 11.3 Å². The number of morpholine rings is 2. The number of phenols is 2. The molecule has 8 heterocycles. The highest BCUT2D eigenvalue weighted by atomic mass is 16.5. The van der Waals surface area contributed by atoms with Gasteiger partial charge in [-0.05, 0) is 70.0 Å². The molecule has 4 saturated heterocycles. The molecule has 6 aromatic rings. The molecule has 0 unspecified atom stereocenters. The zero-order valence-corrected chi connectivity index (χ0v) is 35.6. The number of imidazole rings is 2. The third kappa shape index (κ3) is 10.6. The Morgan fingerprint density at radius 1 is 0.667 bits per heavy atom. The van der Waals surface area contributed by atoms with E-state index in [1.165, 1.54) is 25.9 Å². The first-order chi connectivity index (χ1) is 30.8. The fourth-order valence-electron chi connectivity index (χ4n) is 7.80. The van der Waals surface area contributed by atoms with Gasteiger partial charge in [-0.1, -0.05) is 24.3 Å². The number of aromatic nitrogens is 8. The maximum Gasteiger partial charge on any atom is 0.326 e. The molecule has 19 nitrogen and oxygen atoms in total. The highest BCUT2D eigenvalue weighted by Gasteiger charge is 2.24. The average molecular weight is 863 g/mol. The number of phenolic OH excluding ortho intramolecular Hbond substituents is 2. The van der Waals surface area contributed by atoms with Gasteiger partial charge in [0.1, 0.15) is 47.0 Å². The number of anilines is 2. The van der Waals surface area contributed by atoms with Crippen LogP contribution in [0.25, 0.3) is 44.8 Å². The van der Waals surface area contributed by atoms with Crippen LogP contribution in [0.5, 0.6) is 11.5 Å². The van der Waals surface area contributed by atoms with Crippen molar-refractivity contribution in [3.8, 4) is 34.0 Å². The van der Waals surface area contributed by atoms with Crippen molar-refractivity contribution in [1.82, 2.24) is 49.3 Å². The Hall–Kier alpha value is -6.44. The standard InChI is InChI=1S/C21H24N6O3.C19H21N5O4.C4H9N/c28-16-5-3-4-15(12-16)18-19-20(24-21(23-18)26-8-10-30-11-9-26)27(14-22-19)13-17(29)25-6-1-2-7-25;1-2-28-15(26)11-24-12-20-17-16(13-4-3-5-14(25)10-13)21-19(22-18(17)24)23-6-8-27-9-7-23;1-2-4-5-3-1/h3-5,12,14,28H,1-2,6-11,13H2;3-5,10,12,25H,2,6-9,11H2,1H3;5H,1-4H2. The first kappa shape index (κ1) is 43.2.